The number of phenolic OH excluding ortho intramolecular Hbond substituents is 1. The molecule has 0 saturated carbocycles. The highest BCUT2D eigenvalue weighted by molar-refractivity contribution is 6.08. The zero-order valence-electron chi connectivity index (χ0n) is 26.2. The summed E-state index contributed by atoms with van der Waals surface area (Å²) in [6.07, 6.45) is 4.58. The third-order valence-electron chi connectivity index (χ3n) is 10.2. The molecule has 2 aromatic carbocycles. The number of anilines is 1. The van der Waals surface area contributed by atoms with Crippen molar-refractivity contribution in [3.8, 4) is 23.0 Å². The smallest absolute Gasteiger partial charge is 0.319 e. The average molecular weight is 629 g/mol. The normalized spacial score (nSPS) is 22.3. The molecule has 2 atom stereocenters. The van der Waals surface area contributed by atoms with Crippen LogP contribution in [0.15, 0.2) is 36.5 Å². The van der Waals surface area contributed by atoms with E-state index in [1.165, 1.54) is 6.07 Å². The molecule has 240 valence electrons. The van der Waals surface area contributed by atoms with E-state index in [0.29, 0.717) is 68.1 Å². The summed E-state index contributed by atoms with van der Waals surface area (Å²) in [5.74, 6) is 0.529. The number of aromatic hydroxyl groups is 1. The van der Waals surface area contributed by atoms with Gasteiger partial charge in [0.1, 0.15) is 30.2 Å². The summed E-state index contributed by atoms with van der Waals surface area (Å²) in [6, 6.07) is 8.69. The Balaban J connectivity index is 1.36. The van der Waals surface area contributed by atoms with Gasteiger partial charge in [0.25, 0.3) is 0 Å². The van der Waals surface area contributed by atoms with Gasteiger partial charge in [-0.3, -0.25) is 4.90 Å². The Labute approximate surface area is 265 Å². The van der Waals surface area contributed by atoms with Gasteiger partial charge in [-0.25, -0.2) is 13.3 Å². The number of halogens is 2. The van der Waals surface area contributed by atoms with E-state index in [0.717, 1.165) is 65.4 Å². The van der Waals surface area contributed by atoms with Gasteiger partial charge in [-0.05, 0) is 79.8 Å². The van der Waals surface area contributed by atoms with Crippen LogP contribution < -0.4 is 9.64 Å². The summed E-state index contributed by atoms with van der Waals surface area (Å²) in [7, 11) is 0. The van der Waals surface area contributed by atoms with Gasteiger partial charge in [0, 0.05) is 43.8 Å². The van der Waals surface area contributed by atoms with E-state index in [4.69, 9.17) is 24.5 Å². The van der Waals surface area contributed by atoms with Crippen molar-refractivity contribution in [3.63, 3.8) is 0 Å². The molecule has 3 aliphatic rings. The molecule has 0 bridgehead atoms. The first kappa shape index (κ1) is 29.3. The van der Waals surface area contributed by atoms with Crippen molar-refractivity contribution in [1.29, 1.82) is 0 Å². The van der Waals surface area contributed by atoms with Crippen molar-refractivity contribution in [2.75, 3.05) is 50.9 Å². The zero-order chi connectivity index (χ0) is 31.6. The van der Waals surface area contributed by atoms with Gasteiger partial charge in [0.2, 0.25) is 0 Å². The van der Waals surface area contributed by atoms with Crippen molar-refractivity contribution >= 4 is 33.0 Å². The summed E-state index contributed by atoms with van der Waals surface area (Å²) >= 11 is 0. The van der Waals surface area contributed by atoms with Gasteiger partial charge in [-0.2, -0.15) is 15.1 Å². The Morgan fingerprint density at radius 2 is 1.98 bits per heavy atom. The highest BCUT2D eigenvalue weighted by atomic mass is 19.1. The molecule has 0 spiro atoms. The first-order valence-corrected chi connectivity index (χ1v) is 16.3. The van der Waals surface area contributed by atoms with Crippen LogP contribution in [0.5, 0.6) is 11.8 Å². The zero-order valence-corrected chi connectivity index (χ0v) is 26.2. The fraction of sp³-hybridized carbons (Fsp3) is 0.457. The first-order valence-electron chi connectivity index (χ1n) is 16.3. The third-order valence-corrected chi connectivity index (χ3v) is 10.2. The second-order valence-electron chi connectivity index (χ2n) is 12.9. The SMILES string of the molecule is CCc1c(F)ccc2cc(O)cc(-c3c(C)c4nc(OC[C@@]56CCCN5C[C@H](F)C6)nc(N5CCCOCC5)c4c4ccnn34)c12. The molecule has 8 rings (SSSR count). The van der Waals surface area contributed by atoms with E-state index >= 15 is 4.39 Å². The molecule has 11 heteroatoms. The van der Waals surface area contributed by atoms with Crippen molar-refractivity contribution < 1.29 is 23.4 Å². The average Bonchev–Trinajstić information content (AvgIpc) is 3.68. The second kappa shape index (κ2) is 11.3. The van der Waals surface area contributed by atoms with E-state index in [9.17, 15) is 9.50 Å². The highest BCUT2D eigenvalue weighted by Gasteiger charge is 2.49. The standard InChI is InChI=1S/C35H38F2N6O3/c1-3-25-27(37)7-6-22-16-24(44)17-26(29(22)25)32-21(2)31-30(28-8-10-38-43(28)32)33(41-11-5-14-45-15-13-41)40-34(39-31)46-20-35-9-4-12-42(35)19-23(36)18-35/h6-8,10,16-17,23,44H,3-5,9,11-15,18-20H2,1-2H3/t23-,35+/m1/s1. The van der Waals surface area contributed by atoms with E-state index in [2.05, 4.69) is 9.80 Å². The molecular weight excluding hydrogens is 590 g/mol. The maximum absolute atomic E-state index is 15.2. The number of alkyl halides is 1. The highest BCUT2D eigenvalue weighted by Crippen LogP contribution is 2.43. The number of aromatic nitrogens is 4. The second-order valence-corrected chi connectivity index (χ2v) is 12.9. The van der Waals surface area contributed by atoms with E-state index in [1.54, 1.807) is 24.4 Å². The molecule has 46 heavy (non-hydrogen) atoms. The molecule has 0 radical (unpaired) electrons. The summed E-state index contributed by atoms with van der Waals surface area (Å²) in [5.41, 5.74) is 3.90. The third kappa shape index (κ3) is 4.66. The Morgan fingerprint density at radius 1 is 1.09 bits per heavy atom. The first-order chi connectivity index (χ1) is 22.4. The number of hydrogen-bond acceptors (Lipinski definition) is 8. The maximum atomic E-state index is 15.2. The molecule has 3 saturated heterocycles. The molecular formula is C35H38F2N6O3. The van der Waals surface area contributed by atoms with Crippen LogP contribution in [0.2, 0.25) is 0 Å². The van der Waals surface area contributed by atoms with E-state index < -0.39 is 6.17 Å². The number of ether oxygens (including phenoxy) is 2. The lowest BCUT2D eigenvalue weighted by molar-refractivity contribution is 0.107. The lowest BCUT2D eigenvalue weighted by Gasteiger charge is -2.31. The monoisotopic (exact) mass is 628 g/mol. The van der Waals surface area contributed by atoms with Crippen molar-refractivity contribution in [2.45, 2.75) is 57.7 Å². The number of rotatable bonds is 6. The quantitative estimate of drug-likeness (QED) is 0.245. The van der Waals surface area contributed by atoms with Crippen molar-refractivity contribution in [1.82, 2.24) is 24.5 Å². The molecule has 6 heterocycles. The molecule has 1 N–H and O–H groups in total. The van der Waals surface area contributed by atoms with Gasteiger partial charge in [-0.1, -0.05) is 13.0 Å². The minimum Gasteiger partial charge on any atom is -0.508 e. The lowest BCUT2D eigenvalue weighted by Crippen LogP contribution is -2.43. The molecule has 3 aliphatic heterocycles. The molecule has 0 amide bonds. The number of phenols is 1. The Bertz CT molecular complexity index is 1970. The van der Waals surface area contributed by atoms with Gasteiger partial charge >= 0.3 is 6.01 Å². The van der Waals surface area contributed by atoms with Crippen LogP contribution in [0.4, 0.5) is 14.6 Å². The topological polar surface area (TPSA) is 88.3 Å². The molecule has 0 aliphatic carbocycles. The summed E-state index contributed by atoms with van der Waals surface area (Å²) in [6.45, 7) is 8.21. The van der Waals surface area contributed by atoms with Crippen LogP contribution in [-0.4, -0.2) is 87.3 Å². The van der Waals surface area contributed by atoms with E-state index in [1.807, 2.05) is 24.4 Å². The van der Waals surface area contributed by atoms with Crippen LogP contribution in [0.25, 0.3) is 38.4 Å². The van der Waals surface area contributed by atoms with Crippen LogP contribution in [0.1, 0.15) is 43.7 Å². The summed E-state index contributed by atoms with van der Waals surface area (Å²) < 4.78 is 43.9. The minimum atomic E-state index is -0.857. The van der Waals surface area contributed by atoms with E-state index in [-0.39, 0.29) is 23.1 Å². The van der Waals surface area contributed by atoms with Gasteiger partial charge in [-0.15, -0.1) is 0 Å². The minimum absolute atomic E-state index is 0.0797. The number of aryl methyl sites for hydroxylation is 2. The van der Waals surface area contributed by atoms with Gasteiger partial charge in [0.15, 0.2) is 0 Å². The predicted molar refractivity (Wildman–Crippen MR) is 173 cm³/mol. The Morgan fingerprint density at radius 3 is 2.85 bits per heavy atom. The van der Waals surface area contributed by atoms with Crippen LogP contribution in [0, 0.1) is 12.7 Å². The summed E-state index contributed by atoms with van der Waals surface area (Å²) in [4.78, 5) is 14.5. The Hall–Kier alpha value is -4.09. The largest absolute Gasteiger partial charge is 0.508 e. The van der Waals surface area contributed by atoms with Gasteiger partial charge < -0.3 is 19.5 Å². The number of fused-ring (bicyclic) bond motifs is 5. The van der Waals surface area contributed by atoms with Gasteiger partial charge in [0.05, 0.1) is 40.5 Å². The summed E-state index contributed by atoms with van der Waals surface area (Å²) in [5, 5.41) is 17.9. The van der Waals surface area contributed by atoms with Crippen LogP contribution >= 0.6 is 0 Å². The number of nitrogens with zero attached hydrogens (tertiary/aromatic N) is 6. The fourth-order valence-corrected chi connectivity index (χ4v) is 8.13. The molecule has 3 fully saturated rings. The Kier molecular flexibility index (Phi) is 7.21. The molecule has 9 nitrogen and oxygen atoms in total. The van der Waals surface area contributed by atoms with Crippen molar-refractivity contribution in [2.24, 2.45) is 0 Å². The maximum Gasteiger partial charge on any atom is 0.319 e. The molecule has 0 unspecified atom stereocenters. The number of pyridine rings is 1. The molecule has 5 aromatic rings. The lowest BCUT2D eigenvalue weighted by atomic mass is 9.92. The predicted octanol–water partition coefficient (Wildman–Crippen LogP) is 6.00. The number of hydrogen-bond donors (Lipinski definition) is 1. The fourth-order valence-electron chi connectivity index (χ4n) is 8.13. The van der Waals surface area contributed by atoms with Crippen LogP contribution in [0.3, 0.4) is 0 Å². The number of benzene rings is 2. The molecule has 3 aromatic heterocycles. The van der Waals surface area contributed by atoms with Crippen LogP contribution in [-0.2, 0) is 11.2 Å². The van der Waals surface area contributed by atoms with Crippen molar-refractivity contribution in [3.05, 3.63) is 53.5 Å².